The minimum absolute atomic E-state index is 0.0336. The lowest BCUT2D eigenvalue weighted by atomic mass is 10.1. The van der Waals surface area contributed by atoms with E-state index >= 15 is 0 Å². The fourth-order valence-corrected chi connectivity index (χ4v) is 1.57. The predicted molar refractivity (Wildman–Crippen MR) is 42.6 cm³/mol. The molecule has 0 N–H and O–H groups in total. The Morgan fingerprint density at radius 3 is 2.71 bits per heavy atom. The largest absolute Gasteiger partial charge is 0.471 e. The molecule has 1 aliphatic heterocycles. The molecule has 1 saturated heterocycles. The maximum absolute atomic E-state index is 12.0. The summed E-state index contributed by atoms with van der Waals surface area (Å²) in [6.45, 7) is 0.722. The highest BCUT2D eigenvalue weighted by atomic mass is 19.4. The van der Waals surface area contributed by atoms with Gasteiger partial charge in [0.05, 0.1) is 6.61 Å². The van der Waals surface area contributed by atoms with Gasteiger partial charge in [0.15, 0.2) is 0 Å². The number of alkyl halides is 3. The first-order valence-corrected chi connectivity index (χ1v) is 4.30. The summed E-state index contributed by atoms with van der Waals surface area (Å²) in [4.78, 5) is 11.6. The molecule has 1 amide bonds. The van der Waals surface area contributed by atoms with Crippen molar-refractivity contribution in [3.8, 4) is 0 Å². The molecule has 1 rings (SSSR count). The van der Waals surface area contributed by atoms with Gasteiger partial charge in [-0.15, -0.1) is 0 Å². The number of halogens is 3. The van der Waals surface area contributed by atoms with Crippen LogP contribution in [0.2, 0.25) is 0 Å². The van der Waals surface area contributed by atoms with E-state index in [-0.39, 0.29) is 19.0 Å². The van der Waals surface area contributed by atoms with E-state index in [0.29, 0.717) is 13.0 Å². The molecule has 0 aliphatic carbocycles. The molecule has 0 radical (unpaired) electrons. The molecule has 1 aliphatic rings. The van der Waals surface area contributed by atoms with Gasteiger partial charge in [-0.25, -0.2) is 0 Å². The van der Waals surface area contributed by atoms with E-state index in [0.717, 1.165) is 4.90 Å². The van der Waals surface area contributed by atoms with Crippen molar-refractivity contribution in [1.29, 1.82) is 0 Å². The average molecular weight is 211 g/mol. The minimum Gasteiger partial charge on any atom is -0.384 e. The lowest BCUT2D eigenvalue weighted by Crippen LogP contribution is -2.39. The molecule has 0 spiro atoms. The number of ether oxygens (including phenoxy) is 1. The van der Waals surface area contributed by atoms with E-state index < -0.39 is 12.1 Å². The summed E-state index contributed by atoms with van der Waals surface area (Å²) < 4.78 is 40.8. The predicted octanol–water partition coefficient (Wildman–Crippen LogP) is 1.04. The van der Waals surface area contributed by atoms with E-state index in [1.54, 1.807) is 0 Å². The molecule has 0 saturated carbocycles. The Bertz CT molecular complexity index is 217. The van der Waals surface area contributed by atoms with Gasteiger partial charge in [-0.2, -0.15) is 13.2 Å². The molecule has 1 fully saturated rings. The highest BCUT2D eigenvalue weighted by Gasteiger charge is 2.44. The molecule has 14 heavy (non-hydrogen) atoms. The zero-order valence-corrected chi connectivity index (χ0v) is 7.80. The third-order valence-corrected chi connectivity index (χ3v) is 2.22. The number of hydrogen-bond donors (Lipinski definition) is 0. The number of likely N-dealkylation sites (tertiary alicyclic amines) is 1. The number of amides is 1. The fraction of sp³-hybridized carbons (Fsp3) is 0.875. The Labute approximate surface area is 79.8 Å². The van der Waals surface area contributed by atoms with Crippen LogP contribution in [0.3, 0.4) is 0 Å². The fourth-order valence-electron chi connectivity index (χ4n) is 1.57. The third kappa shape index (κ3) is 2.60. The Kier molecular flexibility index (Phi) is 3.36. The van der Waals surface area contributed by atoms with Crippen molar-refractivity contribution in [3.05, 3.63) is 0 Å². The first-order chi connectivity index (χ1) is 6.45. The van der Waals surface area contributed by atoms with Gasteiger partial charge in [0.1, 0.15) is 0 Å². The summed E-state index contributed by atoms with van der Waals surface area (Å²) in [6, 6.07) is 0. The molecule has 1 heterocycles. The zero-order chi connectivity index (χ0) is 10.8. The molecule has 1 unspecified atom stereocenters. The summed E-state index contributed by atoms with van der Waals surface area (Å²) >= 11 is 0. The smallest absolute Gasteiger partial charge is 0.384 e. The zero-order valence-electron chi connectivity index (χ0n) is 7.80. The van der Waals surface area contributed by atoms with Gasteiger partial charge in [-0.05, 0) is 6.42 Å². The highest BCUT2D eigenvalue weighted by molar-refractivity contribution is 5.82. The molecular weight excluding hydrogens is 199 g/mol. The van der Waals surface area contributed by atoms with Crippen molar-refractivity contribution in [2.45, 2.75) is 12.6 Å². The van der Waals surface area contributed by atoms with Crippen LogP contribution in [-0.2, 0) is 9.53 Å². The van der Waals surface area contributed by atoms with Gasteiger partial charge >= 0.3 is 12.1 Å². The SMILES string of the molecule is COCC1CCN(C(=O)C(F)(F)F)C1. The van der Waals surface area contributed by atoms with Crippen LogP contribution in [0, 0.1) is 5.92 Å². The van der Waals surface area contributed by atoms with Gasteiger partial charge in [0, 0.05) is 26.1 Å². The van der Waals surface area contributed by atoms with Gasteiger partial charge in [0.25, 0.3) is 0 Å². The summed E-state index contributed by atoms with van der Waals surface area (Å²) in [5.41, 5.74) is 0. The molecule has 82 valence electrons. The van der Waals surface area contributed by atoms with Crippen molar-refractivity contribution in [1.82, 2.24) is 4.90 Å². The maximum Gasteiger partial charge on any atom is 0.471 e. The Balaban J connectivity index is 2.46. The molecule has 0 aromatic rings. The summed E-state index contributed by atoms with van der Waals surface area (Å²) in [5, 5.41) is 0. The molecular formula is C8H12F3NO2. The van der Waals surface area contributed by atoms with E-state index in [2.05, 4.69) is 0 Å². The summed E-state index contributed by atoms with van der Waals surface area (Å²) in [5.74, 6) is -1.71. The van der Waals surface area contributed by atoms with Crippen LogP contribution < -0.4 is 0 Å². The maximum atomic E-state index is 12.0. The van der Waals surface area contributed by atoms with Crippen LogP contribution in [0.4, 0.5) is 13.2 Å². The average Bonchev–Trinajstić information content (AvgIpc) is 2.50. The Morgan fingerprint density at radius 1 is 1.57 bits per heavy atom. The van der Waals surface area contributed by atoms with Gasteiger partial charge in [-0.1, -0.05) is 0 Å². The van der Waals surface area contributed by atoms with Gasteiger partial charge in [0.2, 0.25) is 0 Å². The van der Waals surface area contributed by atoms with Gasteiger partial charge in [-0.3, -0.25) is 4.79 Å². The van der Waals surface area contributed by atoms with Crippen molar-refractivity contribution < 1.29 is 22.7 Å². The first kappa shape index (κ1) is 11.3. The quantitative estimate of drug-likeness (QED) is 0.683. The molecule has 3 nitrogen and oxygen atoms in total. The topological polar surface area (TPSA) is 29.5 Å². The normalized spacial score (nSPS) is 22.9. The molecule has 0 bridgehead atoms. The van der Waals surface area contributed by atoms with Crippen LogP contribution >= 0.6 is 0 Å². The van der Waals surface area contributed by atoms with E-state index in [1.165, 1.54) is 7.11 Å². The second-order valence-corrected chi connectivity index (χ2v) is 3.36. The van der Waals surface area contributed by atoms with E-state index in [4.69, 9.17) is 4.74 Å². The van der Waals surface area contributed by atoms with Crippen LogP contribution in [0.15, 0.2) is 0 Å². The van der Waals surface area contributed by atoms with Crippen molar-refractivity contribution in [2.24, 2.45) is 5.92 Å². The number of nitrogens with zero attached hydrogens (tertiary/aromatic N) is 1. The number of carbonyl (C=O) groups excluding carboxylic acids is 1. The molecule has 6 heteroatoms. The van der Waals surface area contributed by atoms with Crippen LogP contribution in [0.5, 0.6) is 0 Å². The van der Waals surface area contributed by atoms with E-state index in [9.17, 15) is 18.0 Å². The standard InChI is InChI=1S/C8H12F3NO2/c1-14-5-6-2-3-12(4-6)7(13)8(9,10)11/h6H,2-5H2,1H3. The Hall–Kier alpha value is -0.780. The number of hydrogen-bond acceptors (Lipinski definition) is 2. The Morgan fingerprint density at radius 2 is 2.21 bits per heavy atom. The van der Waals surface area contributed by atoms with Crippen LogP contribution in [-0.4, -0.2) is 43.8 Å². The second-order valence-electron chi connectivity index (χ2n) is 3.36. The monoisotopic (exact) mass is 211 g/mol. The number of methoxy groups -OCH3 is 1. The summed E-state index contributed by atoms with van der Waals surface area (Å²) in [6.07, 6.45) is -4.17. The number of carbonyl (C=O) groups is 1. The van der Waals surface area contributed by atoms with Gasteiger partial charge < -0.3 is 9.64 Å². The van der Waals surface area contributed by atoms with Crippen molar-refractivity contribution in [2.75, 3.05) is 26.8 Å². The minimum atomic E-state index is -4.75. The second kappa shape index (κ2) is 4.16. The molecule has 1 atom stereocenters. The first-order valence-electron chi connectivity index (χ1n) is 4.30. The molecule has 0 aromatic carbocycles. The lowest BCUT2D eigenvalue weighted by molar-refractivity contribution is -0.184. The van der Waals surface area contributed by atoms with E-state index in [1.807, 2.05) is 0 Å². The molecule has 0 aromatic heterocycles. The number of rotatable bonds is 2. The van der Waals surface area contributed by atoms with Crippen molar-refractivity contribution in [3.63, 3.8) is 0 Å². The summed E-state index contributed by atoms with van der Waals surface area (Å²) in [7, 11) is 1.49. The van der Waals surface area contributed by atoms with Crippen molar-refractivity contribution >= 4 is 5.91 Å². The lowest BCUT2D eigenvalue weighted by Gasteiger charge is -2.17. The third-order valence-electron chi connectivity index (χ3n) is 2.22. The van der Waals surface area contributed by atoms with Crippen LogP contribution in [0.25, 0.3) is 0 Å². The highest BCUT2D eigenvalue weighted by Crippen LogP contribution is 2.24. The van der Waals surface area contributed by atoms with Crippen LogP contribution in [0.1, 0.15) is 6.42 Å².